The van der Waals surface area contributed by atoms with Gasteiger partial charge in [-0.05, 0) is 30.5 Å². The van der Waals surface area contributed by atoms with Crippen LogP contribution in [0.4, 0.5) is 5.69 Å². The molecule has 132 valence electrons. The molecule has 1 fully saturated rings. The van der Waals surface area contributed by atoms with Crippen LogP contribution in [0, 0.1) is 0 Å². The van der Waals surface area contributed by atoms with E-state index in [0.29, 0.717) is 24.8 Å². The number of nitrogens with one attached hydrogen (secondary N) is 1. The highest BCUT2D eigenvalue weighted by atomic mass is 16.5. The minimum atomic E-state index is -0.648. The quantitative estimate of drug-likeness (QED) is 0.838. The van der Waals surface area contributed by atoms with E-state index in [9.17, 15) is 4.79 Å². The molecule has 2 heterocycles. The summed E-state index contributed by atoms with van der Waals surface area (Å²) in [4.78, 5) is 16.8. The Hall–Kier alpha value is -2.44. The van der Waals surface area contributed by atoms with Crippen molar-refractivity contribution in [2.45, 2.75) is 31.7 Å². The van der Waals surface area contributed by atoms with Crippen molar-refractivity contribution < 1.29 is 19.0 Å². The Balaban J connectivity index is 1.66. The SMILES string of the molecule is COC(C(=O)Nc1cccnc1OCc1ccccc1)C1CCCO1. The fraction of sp³-hybridized carbons (Fsp3) is 0.368. The first-order valence-electron chi connectivity index (χ1n) is 8.35. The molecule has 1 aliphatic heterocycles. The summed E-state index contributed by atoms with van der Waals surface area (Å²) in [6, 6.07) is 13.3. The molecule has 6 nitrogen and oxygen atoms in total. The number of hydrogen-bond donors (Lipinski definition) is 1. The second-order valence-electron chi connectivity index (χ2n) is 5.83. The maximum Gasteiger partial charge on any atom is 0.256 e. The van der Waals surface area contributed by atoms with Gasteiger partial charge in [-0.1, -0.05) is 30.3 Å². The number of carbonyl (C=O) groups is 1. The van der Waals surface area contributed by atoms with E-state index in [1.165, 1.54) is 7.11 Å². The maximum absolute atomic E-state index is 12.6. The van der Waals surface area contributed by atoms with Crippen LogP contribution in [0.5, 0.6) is 5.88 Å². The van der Waals surface area contributed by atoms with E-state index in [-0.39, 0.29) is 12.0 Å². The molecule has 0 spiro atoms. The lowest BCUT2D eigenvalue weighted by atomic mass is 10.1. The Labute approximate surface area is 147 Å². The van der Waals surface area contributed by atoms with Crippen LogP contribution < -0.4 is 10.1 Å². The number of anilines is 1. The Kier molecular flexibility index (Phi) is 5.98. The maximum atomic E-state index is 12.6. The molecular weight excluding hydrogens is 320 g/mol. The average Bonchev–Trinajstić information content (AvgIpc) is 3.17. The van der Waals surface area contributed by atoms with Gasteiger partial charge in [0.25, 0.3) is 5.91 Å². The highest BCUT2D eigenvalue weighted by Crippen LogP contribution is 2.24. The van der Waals surface area contributed by atoms with Gasteiger partial charge in [0.2, 0.25) is 5.88 Å². The van der Waals surface area contributed by atoms with Crippen molar-refractivity contribution in [3.05, 3.63) is 54.2 Å². The lowest BCUT2D eigenvalue weighted by Crippen LogP contribution is -2.39. The molecule has 0 bridgehead atoms. The molecule has 25 heavy (non-hydrogen) atoms. The van der Waals surface area contributed by atoms with Gasteiger partial charge in [0.05, 0.1) is 6.10 Å². The van der Waals surface area contributed by atoms with Gasteiger partial charge < -0.3 is 19.5 Å². The van der Waals surface area contributed by atoms with E-state index in [1.54, 1.807) is 18.3 Å². The van der Waals surface area contributed by atoms with Crippen LogP contribution in [0.3, 0.4) is 0 Å². The van der Waals surface area contributed by atoms with Crippen molar-refractivity contribution in [3.63, 3.8) is 0 Å². The second-order valence-corrected chi connectivity index (χ2v) is 5.83. The van der Waals surface area contributed by atoms with Crippen LogP contribution in [-0.2, 0) is 20.9 Å². The van der Waals surface area contributed by atoms with Crippen molar-refractivity contribution in [1.29, 1.82) is 0 Å². The number of nitrogens with zero attached hydrogens (tertiary/aromatic N) is 1. The van der Waals surface area contributed by atoms with Gasteiger partial charge >= 0.3 is 0 Å². The van der Waals surface area contributed by atoms with Crippen molar-refractivity contribution in [1.82, 2.24) is 4.98 Å². The topological polar surface area (TPSA) is 69.7 Å². The van der Waals surface area contributed by atoms with E-state index >= 15 is 0 Å². The fourth-order valence-electron chi connectivity index (χ4n) is 2.80. The van der Waals surface area contributed by atoms with E-state index in [4.69, 9.17) is 14.2 Å². The number of pyridine rings is 1. The summed E-state index contributed by atoms with van der Waals surface area (Å²) in [5, 5.41) is 2.84. The Morgan fingerprint density at radius 1 is 1.32 bits per heavy atom. The van der Waals surface area contributed by atoms with Crippen molar-refractivity contribution >= 4 is 11.6 Å². The summed E-state index contributed by atoms with van der Waals surface area (Å²) in [7, 11) is 1.52. The highest BCUT2D eigenvalue weighted by Gasteiger charge is 2.32. The first-order chi connectivity index (χ1) is 12.3. The lowest BCUT2D eigenvalue weighted by Gasteiger charge is -2.21. The molecule has 1 amide bonds. The first kappa shape index (κ1) is 17.4. The first-order valence-corrected chi connectivity index (χ1v) is 8.35. The van der Waals surface area contributed by atoms with Crippen LogP contribution >= 0.6 is 0 Å². The van der Waals surface area contributed by atoms with E-state index < -0.39 is 6.10 Å². The second kappa shape index (κ2) is 8.60. The number of hydrogen-bond acceptors (Lipinski definition) is 5. The zero-order valence-electron chi connectivity index (χ0n) is 14.2. The van der Waals surface area contributed by atoms with Gasteiger partial charge in [0.1, 0.15) is 12.3 Å². The van der Waals surface area contributed by atoms with Crippen LogP contribution in [0.2, 0.25) is 0 Å². The van der Waals surface area contributed by atoms with Crippen molar-refractivity contribution in [2.24, 2.45) is 0 Å². The predicted octanol–water partition coefficient (Wildman–Crippen LogP) is 2.79. The molecule has 1 N–H and O–H groups in total. The molecule has 2 unspecified atom stereocenters. The normalized spacial score (nSPS) is 17.9. The molecule has 0 saturated carbocycles. The Bertz CT molecular complexity index is 687. The number of amides is 1. The number of aromatic nitrogens is 1. The average molecular weight is 342 g/mol. The largest absolute Gasteiger partial charge is 0.471 e. The third-order valence-electron chi connectivity index (χ3n) is 4.06. The standard InChI is InChI=1S/C19H22N2O4/c1-23-17(16-10-6-12-24-16)18(22)21-15-9-5-11-20-19(15)25-13-14-7-3-2-4-8-14/h2-5,7-9,11,16-17H,6,10,12-13H2,1H3,(H,21,22). The number of carbonyl (C=O) groups excluding carboxylic acids is 1. The molecule has 6 heteroatoms. The van der Waals surface area contributed by atoms with E-state index in [2.05, 4.69) is 10.3 Å². The van der Waals surface area contributed by atoms with Gasteiger partial charge in [-0.2, -0.15) is 0 Å². The number of ether oxygens (including phenoxy) is 3. The molecule has 0 radical (unpaired) electrons. The number of methoxy groups -OCH3 is 1. The van der Waals surface area contributed by atoms with Crippen LogP contribution in [0.15, 0.2) is 48.7 Å². The Morgan fingerprint density at radius 3 is 2.88 bits per heavy atom. The molecule has 1 aromatic carbocycles. The van der Waals surface area contributed by atoms with E-state index in [1.807, 2.05) is 30.3 Å². The summed E-state index contributed by atoms with van der Waals surface area (Å²) < 4.78 is 16.7. The number of rotatable bonds is 7. The smallest absolute Gasteiger partial charge is 0.256 e. The van der Waals surface area contributed by atoms with Gasteiger partial charge in [-0.3, -0.25) is 4.79 Å². The molecule has 0 aliphatic carbocycles. The summed E-state index contributed by atoms with van der Waals surface area (Å²) >= 11 is 0. The third kappa shape index (κ3) is 4.55. The van der Waals surface area contributed by atoms with Crippen molar-refractivity contribution in [2.75, 3.05) is 19.0 Å². The van der Waals surface area contributed by atoms with Crippen LogP contribution in [0.1, 0.15) is 18.4 Å². The molecule has 1 aliphatic rings. The van der Waals surface area contributed by atoms with Crippen molar-refractivity contribution in [3.8, 4) is 5.88 Å². The minimum absolute atomic E-state index is 0.213. The number of benzene rings is 1. The van der Waals surface area contributed by atoms with Gasteiger partial charge in [0.15, 0.2) is 6.10 Å². The minimum Gasteiger partial charge on any atom is -0.471 e. The molecule has 3 rings (SSSR count). The molecule has 1 saturated heterocycles. The zero-order valence-corrected chi connectivity index (χ0v) is 14.2. The van der Waals surface area contributed by atoms with Gasteiger partial charge in [0, 0.05) is 19.9 Å². The van der Waals surface area contributed by atoms with Crippen LogP contribution in [0.25, 0.3) is 0 Å². The lowest BCUT2D eigenvalue weighted by molar-refractivity contribution is -0.133. The summed E-state index contributed by atoms with van der Waals surface area (Å²) in [5.41, 5.74) is 1.54. The third-order valence-corrected chi connectivity index (χ3v) is 4.06. The molecule has 2 aromatic rings. The molecule has 1 aromatic heterocycles. The fourth-order valence-corrected chi connectivity index (χ4v) is 2.80. The van der Waals surface area contributed by atoms with E-state index in [0.717, 1.165) is 18.4 Å². The monoisotopic (exact) mass is 342 g/mol. The highest BCUT2D eigenvalue weighted by molar-refractivity contribution is 5.95. The molecule has 2 atom stereocenters. The summed E-state index contributed by atoms with van der Waals surface area (Å²) in [6.45, 7) is 1.04. The Morgan fingerprint density at radius 2 is 2.16 bits per heavy atom. The zero-order chi connectivity index (χ0) is 17.5. The van der Waals surface area contributed by atoms with Gasteiger partial charge in [-0.15, -0.1) is 0 Å². The molecular formula is C19H22N2O4. The summed E-state index contributed by atoms with van der Waals surface area (Å²) in [5.74, 6) is 0.119. The summed E-state index contributed by atoms with van der Waals surface area (Å²) in [6.07, 6.45) is 2.52. The van der Waals surface area contributed by atoms with Crippen LogP contribution in [-0.4, -0.2) is 36.8 Å². The predicted molar refractivity (Wildman–Crippen MR) is 93.4 cm³/mol. The van der Waals surface area contributed by atoms with Gasteiger partial charge in [-0.25, -0.2) is 4.98 Å².